The van der Waals surface area contributed by atoms with Crippen molar-refractivity contribution in [1.82, 2.24) is 10.2 Å². The normalized spacial score (nSPS) is 17.8. The molecule has 2 unspecified atom stereocenters. The predicted molar refractivity (Wildman–Crippen MR) is 99.8 cm³/mol. The van der Waals surface area contributed by atoms with Gasteiger partial charge < -0.3 is 11.1 Å². The Balaban J connectivity index is 1.88. The summed E-state index contributed by atoms with van der Waals surface area (Å²) in [4.78, 5) is 15.0. The standard InChI is InChI=1S/C20H33N3O/c1-3-17(4-2)19(23-12-8-9-13-23)15-22-20(24)18(21)14-16-10-6-5-7-11-16/h5-7,10-11,17-19H,3-4,8-9,12-15,21H2,1-2H3,(H,22,24). The largest absolute Gasteiger partial charge is 0.353 e. The van der Waals surface area contributed by atoms with Crippen molar-refractivity contribution in [3.05, 3.63) is 35.9 Å². The lowest BCUT2D eigenvalue weighted by molar-refractivity contribution is -0.122. The zero-order valence-corrected chi connectivity index (χ0v) is 15.2. The second-order valence-corrected chi connectivity index (χ2v) is 6.93. The zero-order chi connectivity index (χ0) is 17.4. The van der Waals surface area contributed by atoms with E-state index in [2.05, 4.69) is 24.1 Å². The molecule has 0 saturated carbocycles. The molecule has 3 N–H and O–H groups in total. The fourth-order valence-electron chi connectivity index (χ4n) is 3.80. The summed E-state index contributed by atoms with van der Waals surface area (Å²) >= 11 is 0. The van der Waals surface area contributed by atoms with Crippen LogP contribution in [0.15, 0.2) is 30.3 Å². The monoisotopic (exact) mass is 331 g/mol. The molecular weight excluding hydrogens is 298 g/mol. The van der Waals surface area contributed by atoms with E-state index in [1.807, 2.05) is 30.3 Å². The Morgan fingerprint density at radius 2 is 1.79 bits per heavy atom. The van der Waals surface area contributed by atoms with E-state index >= 15 is 0 Å². The lowest BCUT2D eigenvalue weighted by atomic mass is 9.92. The molecule has 1 aromatic carbocycles. The number of hydrogen-bond donors (Lipinski definition) is 2. The Labute approximate surface area is 146 Å². The van der Waals surface area contributed by atoms with E-state index in [-0.39, 0.29) is 5.91 Å². The van der Waals surface area contributed by atoms with Crippen LogP contribution in [0.3, 0.4) is 0 Å². The van der Waals surface area contributed by atoms with E-state index in [4.69, 9.17) is 5.73 Å². The van der Waals surface area contributed by atoms with E-state index in [9.17, 15) is 4.79 Å². The summed E-state index contributed by atoms with van der Waals surface area (Å²) in [5, 5.41) is 3.12. The summed E-state index contributed by atoms with van der Waals surface area (Å²) in [6, 6.07) is 9.94. The molecule has 0 bridgehead atoms. The van der Waals surface area contributed by atoms with Gasteiger partial charge in [0.15, 0.2) is 0 Å². The lowest BCUT2D eigenvalue weighted by Crippen LogP contribution is -2.50. The molecule has 4 heteroatoms. The molecule has 0 aliphatic carbocycles. The average Bonchev–Trinajstić information content (AvgIpc) is 3.13. The van der Waals surface area contributed by atoms with Crippen molar-refractivity contribution in [2.75, 3.05) is 19.6 Å². The molecule has 1 aromatic rings. The number of carbonyl (C=O) groups excluding carboxylic acids is 1. The first-order chi connectivity index (χ1) is 11.7. The van der Waals surface area contributed by atoms with Crippen LogP contribution < -0.4 is 11.1 Å². The van der Waals surface area contributed by atoms with Gasteiger partial charge in [0.25, 0.3) is 0 Å². The van der Waals surface area contributed by atoms with Crippen molar-refractivity contribution in [2.24, 2.45) is 11.7 Å². The van der Waals surface area contributed by atoms with Gasteiger partial charge in [0.1, 0.15) is 0 Å². The lowest BCUT2D eigenvalue weighted by Gasteiger charge is -2.34. The van der Waals surface area contributed by atoms with Crippen LogP contribution in [0.2, 0.25) is 0 Å². The predicted octanol–water partition coefficient (Wildman–Crippen LogP) is 2.57. The highest BCUT2D eigenvalue weighted by atomic mass is 16.2. The van der Waals surface area contributed by atoms with Crippen molar-refractivity contribution >= 4 is 5.91 Å². The van der Waals surface area contributed by atoms with Crippen LogP contribution in [0, 0.1) is 5.92 Å². The number of nitrogens with zero attached hydrogens (tertiary/aromatic N) is 1. The van der Waals surface area contributed by atoms with Gasteiger partial charge >= 0.3 is 0 Å². The van der Waals surface area contributed by atoms with Crippen molar-refractivity contribution in [2.45, 2.75) is 58.0 Å². The van der Waals surface area contributed by atoms with Crippen molar-refractivity contribution in [3.63, 3.8) is 0 Å². The highest BCUT2D eigenvalue weighted by Gasteiger charge is 2.28. The second-order valence-electron chi connectivity index (χ2n) is 6.93. The second kappa shape index (κ2) is 9.80. The van der Waals surface area contributed by atoms with Gasteiger partial charge in [-0.3, -0.25) is 9.69 Å². The SMILES string of the molecule is CCC(CC)C(CNC(=O)C(N)Cc1ccccc1)N1CCCC1. The maximum Gasteiger partial charge on any atom is 0.237 e. The van der Waals surface area contributed by atoms with Gasteiger partial charge in [-0.15, -0.1) is 0 Å². The number of benzene rings is 1. The van der Waals surface area contributed by atoms with Gasteiger partial charge in [-0.2, -0.15) is 0 Å². The molecule has 2 rings (SSSR count). The van der Waals surface area contributed by atoms with Crippen LogP contribution >= 0.6 is 0 Å². The van der Waals surface area contributed by atoms with Crippen LogP contribution in [0.25, 0.3) is 0 Å². The van der Waals surface area contributed by atoms with Crippen LogP contribution in [0.5, 0.6) is 0 Å². The molecule has 0 aromatic heterocycles. The fraction of sp³-hybridized carbons (Fsp3) is 0.650. The molecule has 1 fully saturated rings. The van der Waals surface area contributed by atoms with E-state index < -0.39 is 6.04 Å². The number of hydrogen-bond acceptors (Lipinski definition) is 3. The molecule has 1 amide bonds. The van der Waals surface area contributed by atoms with Crippen molar-refractivity contribution in [3.8, 4) is 0 Å². The fourth-order valence-corrected chi connectivity index (χ4v) is 3.80. The molecule has 2 atom stereocenters. The number of rotatable bonds is 9. The molecule has 0 radical (unpaired) electrons. The minimum atomic E-state index is -0.478. The van der Waals surface area contributed by atoms with Gasteiger partial charge in [-0.25, -0.2) is 0 Å². The van der Waals surface area contributed by atoms with Crippen LogP contribution in [-0.2, 0) is 11.2 Å². The minimum absolute atomic E-state index is 0.0333. The molecule has 134 valence electrons. The minimum Gasteiger partial charge on any atom is -0.353 e. The smallest absolute Gasteiger partial charge is 0.237 e. The summed E-state index contributed by atoms with van der Waals surface area (Å²) in [5.41, 5.74) is 7.21. The van der Waals surface area contributed by atoms with Gasteiger partial charge in [-0.1, -0.05) is 57.0 Å². The Morgan fingerprint density at radius 1 is 1.17 bits per heavy atom. The van der Waals surface area contributed by atoms with Gasteiger partial charge in [0.2, 0.25) is 5.91 Å². The zero-order valence-electron chi connectivity index (χ0n) is 15.2. The first kappa shape index (κ1) is 18.9. The third kappa shape index (κ3) is 5.32. The first-order valence-corrected chi connectivity index (χ1v) is 9.47. The Hall–Kier alpha value is -1.39. The molecule has 4 nitrogen and oxygen atoms in total. The quantitative estimate of drug-likeness (QED) is 0.731. The summed E-state index contributed by atoms with van der Waals surface area (Å²) in [7, 11) is 0. The van der Waals surface area contributed by atoms with Gasteiger partial charge in [0.05, 0.1) is 6.04 Å². The maximum absolute atomic E-state index is 12.4. The van der Waals surface area contributed by atoms with E-state index in [0.717, 1.165) is 31.5 Å². The molecule has 1 heterocycles. The molecule has 24 heavy (non-hydrogen) atoms. The van der Waals surface area contributed by atoms with Gasteiger partial charge in [0, 0.05) is 12.6 Å². The number of nitrogens with one attached hydrogen (secondary N) is 1. The number of likely N-dealkylation sites (tertiary alicyclic amines) is 1. The van der Waals surface area contributed by atoms with E-state index in [1.54, 1.807) is 0 Å². The Morgan fingerprint density at radius 3 is 2.38 bits per heavy atom. The highest BCUT2D eigenvalue weighted by Crippen LogP contribution is 2.22. The highest BCUT2D eigenvalue weighted by molar-refractivity contribution is 5.81. The molecule has 1 aliphatic rings. The average molecular weight is 332 g/mol. The van der Waals surface area contributed by atoms with E-state index in [0.29, 0.717) is 24.9 Å². The molecule has 0 spiro atoms. The van der Waals surface area contributed by atoms with Crippen molar-refractivity contribution < 1.29 is 4.79 Å². The summed E-state index contributed by atoms with van der Waals surface area (Å²) < 4.78 is 0. The molecule has 1 aliphatic heterocycles. The Bertz CT molecular complexity index is 479. The van der Waals surface area contributed by atoms with Crippen LogP contribution in [-0.4, -0.2) is 42.5 Å². The summed E-state index contributed by atoms with van der Waals surface area (Å²) in [6.45, 7) is 7.54. The molecular formula is C20H33N3O. The van der Waals surface area contributed by atoms with Gasteiger partial charge in [-0.05, 0) is 43.8 Å². The first-order valence-electron chi connectivity index (χ1n) is 9.47. The van der Waals surface area contributed by atoms with E-state index in [1.165, 1.54) is 12.8 Å². The third-order valence-electron chi connectivity index (χ3n) is 5.32. The number of carbonyl (C=O) groups is 1. The Kier molecular flexibility index (Phi) is 7.73. The summed E-state index contributed by atoms with van der Waals surface area (Å²) in [6.07, 6.45) is 5.45. The summed E-state index contributed by atoms with van der Waals surface area (Å²) in [5.74, 6) is 0.600. The molecule has 1 saturated heterocycles. The van der Waals surface area contributed by atoms with Crippen molar-refractivity contribution in [1.29, 1.82) is 0 Å². The third-order valence-corrected chi connectivity index (χ3v) is 5.32. The van der Waals surface area contributed by atoms with Crippen LogP contribution in [0.4, 0.5) is 0 Å². The maximum atomic E-state index is 12.4. The topological polar surface area (TPSA) is 58.4 Å². The number of nitrogens with two attached hydrogens (primary N) is 1. The number of amides is 1. The van der Waals surface area contributed by atoms with Crippen LogP contribution in [0.1, 0.15) is 45.1 Å².